The number of nitrogens with one attached hydrogen (secondary N) is 2. The van der Waals surface area contributed by atoms with Gasteiger partial charge in [0.05, 0.1) is 17.2 Å². The smallest absolute Gasteiger partial charge is 0.356 e. The topological polar surface area (TPSA) is 61.4 Å². The zero-order valence-corrected chi connectivity index (χ0v) is 13.7. The first-order chi connectivity index (χ1) is 11.2. The van der Waals surface area contributed by atoms with Crippen molar-refractivity contribution in [1.29, 1.82) is 0 Å². The Kier molecular flexibility index (Phi) is 5.58. The third kappa shape index (κ3) is 4.31. The van der Waals surface area contributed by atoms with Crippen LogP contribution in [0.5, 0.6) is 0 Å². The summed E-state index contributed by atoms with van der Waals surface area (Å²) in [6.45, 7) is 2.76. The number of alkyl halides is 3. The molecule has 1 heterocycles. The maximum atomic E-state index is 13.0. The Morgan fingerprint density at radius 1 is 1.38 bits per heavy atom. The lowest BCUT2D eigenvalue weighted by atomic mass is 10.1. The Bertz CT molecular complexity index is 637. The molecular formula is C15H17ClF3N3O2. The normalized spacial score (nSPS) is 17.7. The molecule has 1 saturated heterocycles. The van der Waals surface area contributed by atoms with Gasteiger partial charge in [-0.15, -0.1) is 0 Å². The highest BCUT2D eigenvalue weighted by molar-refractivity contribution is 6.30. The molecule has 24 heavy (non-hydrogen) atoms. The van der Waals surface area contributed by atoms with E-state index in [2.05, 4.69) is 10.6 Å². The number of halogens is 4. The van der Waals surface area contributed by atoms with E-state index in [9.17, 15) is 22.8 Å². The first-order valence-electron chi connectivity index (χ1n) is 7.42. The molecule has 0 spiro atoms. The zero-order valence-electron chi connectivity index (χ0n) is 12.9. The van der Waals surface area contributed by atoms with Gasteiger partial charge in [-0.05, 0) is 31.5 Å². The number of amides is 3. The Balaban J connectivity index is 2.07. The second-order valence-corrected chi connectivity index (χ2v) is 5.88. The molecule has 0 aromatic heterocycles. The predicted octanol–water partition coefficient (Wildman–Crippen LogP) is 3.35. The second kappa shape index (κ2) is 7.29. The van der Waals surface area contributed by atoms with Gasteiger partial charge >= 0.3 is 12.2 Å². The third-order valence-electron chi connectivity index (χ3n) is 3.73. The number of carbonyl (C=O) groups is 2. The molecule has 1 atom stereocenters. The molecule has 2 rings (SSSR count). The largest absolute Gasteiger partial charge is 0.418 e. The molecule has 1 aliphatic rings. The Labute approximate surface area is 142 Å². The monoisotopic (exact) mass is 363 g/mol. The third-order valence-corrected chi connectivity index (χ3v) is 3.96. The fraction of sp³-hybridized carbons (Fsp3) is 0.467. The summed E-state index contributed by atoms with van der Waals surface area (Å²) in [6.07, 6.45) is -4.16. The van der Waals surface area contributed by atoms with E-state index in [-0.39, 0.29) is 29.1 Å². The van der Waals surface area contributed by atoms with Crippen molar-refractivity contribution in [3.05, 3.63) is 28.8 Å². The van der Waals surface area contributed by atoms with Gasteiger partial charge in [-0.1, -0.05) is 11.6 Å². The zero-order chi connectivity index (χ0) is 17.9. The van der Waals surface area contributed by atoms with Crippen LogP contribution < -0.4 is 10.6 Å². The number of likely N-dealkylation sites (tertiary alicyclic amines) is 1. The van der Waals surface area contributed by atoms with Crippen molar-refractivity contribution in [2.24, 2.45) is 5.92 Å². The molecule has 5 nitrogen and oxygen atoms in total. The Morgan fingerprint density at radius 3 is 2.71 bits per heavy atom. The van der Waals surface area contributed by atoms with E-state index in [1.807, 2.05) is 0 Å². The average molecular weight is 364 g/mol. The number of anilines is 1. The first-order valence-corrected chi connectivity index (χ1v) is 7.80. The van der Waals surface area contributed by atoms with Gasteiger partial charge in [-0.2, -0.15) is 13.2 Å². The maximum Gasteiger partial charge on any atom is 0.418 e. The van der Waals surface area contributed by atoms with Gasteiger partial charge in [0.15, 0.2) is 0 Å². The summed E-state index contributed by atoms with van der Waals surface area (Å²) < 4.78 is 39.1. The van der Waals surface area contributed by atoms with Gasteiger partial charge in [-0.3, -0.25) is 4.79 Å². The van der Waals surface area contributed by atoms with Gasteiger partial charge in [0.1, 0.15) is 0 Å². The molecular weight excluding hydrogens is 347 g/mol. The number of benzene rings is 1. The predicted molar refractivity (Wildman–Crippen MR) is 83.8 cm³/mol. The summed E-state index contributed by atoms with van der Waals surface area (Å²) in [7, 11) is 0. The van der Waals surface area contributed by atoms with Crippen LogP contribution in [-0.4, -0.2) is 36.5 Å². The van der Waals surface area contributed by atoms with E-state index in [0.717, 1.165) is 12.1 Å². The van der Waals surface area contributed by atoms with Gasteiger partial charge < -0.3 is 15.5 Å². The Morgan fingerprint density at radius 2 is 2.08 bits per heavy atom. The highest BCUT2D eigenvalue weighted by Gasteiger charge is 2.36. The van der Waals surface area contributed by atoms with Crippen LogP contribution in [0.4, 0.5) is 23.7 Å². The van der Waals surface area contributed by atoms with Gasteiger partial charge in [0.2, 0.25) is 5.91 Å². The molecule has 1 aromatic carbocycles. The van der Waals surface area contributed by atoms with Crippen LogP contribution in [0.3, 0.4) is 0 Å². The van der Waals surface area contributed by atoms with E-state index in [1.54, 1.807) is 6.92 Å². The minimum Gasteiger partial charge on any atom is -0.356 e. The number of hydrogen-bond donors (Lipinski definition) is 2. The number of hydrogen-bond acceptors (Lipinski definition) is 2. The fourth-order valence-corrected chi connectivity index (χ4v) is 2.70. The van der Waals surface area contributed by atoms with Crippen molar-refractivity contribution in [2.75, 3.05) is 25.0 Å². The van der Waals surface area contributed by atoms with E-state index < -0.39 is 17.8 Å². The van der Waals surface area contributed by atoms with E-state index in [0.29, 0.717) is 19.5 Å². The number of carbonyl (C=O) groups excluding carboxylic acids is 2. The quantitative estimate of drug-likeness (QED) is 0.865. The minimum atomic E-state index is -4.64. The van der Waals surface area contributed by atoms with Crippen LogP contribution in [0.2, 0.25) is 5.02 Å². The highest BCUT2D eigenvalue weighted by atomic mass is 35.5. The second-order valence-electron chi connectivity index (χ2n) is 5.44. The molecule has 0 radical (unpaired) electrons. The number of rotatable bonds is 3. The fourth-order valence-electron chi connectivity index (χ4n) is 2.53. The Hall–Kier alpha value is -1.96. The molecule has 0 bridgehead atoms. The SMILES string of the molecule is CCNC(=O)[C@H]1CCN(C(=O)Nc2ccc(Cl)cc2C(F)(F)F)C1. The van der Waals surface area contributed by atoms with Crippen LogP contribution in [0.15, 0.2) is 18.2 Å². The molecule has 0 aliphatic carbocycles. The summed E-state index contributed by atoms with van der Waals surface area (Å²) in [5, 5.41) is 4.85. The van der Waals surface area contributed by atoms with Crippen LogP contribution in [0.25, 0.3) is 0 Å². The van der Waals surface area contributed by atoms with Crippen molar-refractivity contribution in [1.82, 2.24) is 10.2 Å². The van der Waals surface area contributed by atoms with Crippen LogP contribution in [-0.2, 0) is 11.0 Å². The number of nitrogens with zero attached hydrogens (tertiary/aromatic N) is 1. The molecule has 1 aliphatic heterocycles. The molecule has 3 amide bonds. The lowest BCUT2D eigenvalue weighted by Crippen LogP contribution is -2.36. The lowest BCUT2D eigenvalue weighted by Gasteiger charge is -2.19. The summed E-state index contributed by atoms with van der Waals surface area (Å²) >= 11 is 5.60. The highest BCUT2D eigenvalue weighted by Crippen LogP contribution is 2.36. The van der Waals surface area contributed by atoms with E-state index in [4.69, 9.17) is 11.6 Å². The summed E-state index contributed by atoms with van der Waals surface area (Å²) in [5.41, 5.74) is -1.37. The number of urea groups is 1. The minimum absolute atomic E-state index is 0.0715. The average Bonchev–Trinajstić information content (AvgIpc) is 2.98. The molecule has 0 unspecified atom stereocenters. The molecule has 2 N–H and O–H groups in total. The van der Waals surface area contributed by atoms with Gasteiger partial charge in [0, 0.05) is 24.7 Å². The maximum absolute atomic E-state index is 13.0. The summed E-state index contributed by atoms with van der Waals surface area (Å²) in [5.74, 6) is -0.502. The molecule has 9 heteroatoms. The summed E-state index contributed by atoms with van der Waals surface area (Å²) in [6, 6.07) is 2.47. The first kappa shape index (κ1) is 18.4. The van der Waals surface area contributed by atoms with Crippen molar-refractivity contribution in [2.45, 2.75) is 19.5 Å². The molecule has 1 fully saturated rings. The van der Waals surface area contributed by atoms with Crippen molar-refractivity contribution < 1.29 is 22.8 Å². The summed E-state index contributed by atoms with van der Waals surface area (Å²) in [4.78, 5) is 25.3. The van der Waals surface area contributed by atoms with E-state index >= 15 is 0 Å². The van der Waals surface area contributed by atoms with Crippen molar-refractivity contribution in [3.8, 4) is 0 Å². The van der Waals surface area contributed by atoms with Gasteiger partial charge in [0.25, 0.3) is 0 Å². The van der Waals surface area contributed by atoms with Crippen molar-refractivity contribution >= 4 is 29.2 Å². The molecule has 132 valence electrons. The molecule has 1 aromatic rings. The lowest BCUT2D eigenvalue weighted by molar-refractivity contribution is -0.137. The van der Waals surface area contributed by atoms with Crippen LogP contribution in [0.1, 0.15) is 18.9 Å². The van der Waals surface area contributed by atoms with Crippen LogP contribution >= 0.6 is 11.6 Å². The van der Waals surface area contributed by atoms with E-state index in [1.165, 1.54) is 11.0 Å². The van der Waals surface area contributed by atoms with Gasteiger partial charge in [-0.25, -0.2) is 4.79 Å². The van der Waals surface area contributed by atoms with Crippen LogP contribution in [0, 0.1) is 5.92 Å². The van der Waals surface area contributed by atoms with Crippen molar-refractivity contribution in [3.63, 3.8) is 0 Å². The standard InChI is InChI=1S/C15H17ClF3N3O2/c1-2-20-13(23)9-5-6-22(8-9)14(24)21-12-4-3-10(16)7-11(12)15(17,18)19/h3-4,7,9H,2,5-6,8H2,1H3,(H,20,23)(H,21,24)/t9-/m0/s1. The molecule has 0 saturated carbocycles.